The summed E-state index contributed by atoms with van der Waals surface area (Å²) in [5, 5.41) is 3.00. The first-order chi connectivity index (χ1) is 9.58. The van der Waals surface area contributed by atoms with Crippen molar-refractivity contribution in [2.75, 3.05) is 12.3 Å². The van der Waals surface area contributed by atoms with Crippen molar-refractivity contribution in [2.24, 2.45) is 0 Å². The molecular formula is C16H26N2O2. The maximum Gasteiger partial charge on any atom is 0.251 e. The highest BCUT2D eigenvalue weighted by atomic mass is 16.5. The van der Waals surface area contributed by atoms with Gasteiger partial charge in [0, 0.05) is 11.6 Å². The Morgan fingerprint density at radius 1 is 1.35 bits per heavy atom. The smallest absolute Gasteiger partial charge is 0.251 e. The fraction of sp³-hybridized carbons (Fsp3) is 0.562. The van der Waals surface area contributed by atoms with Crippen molar-refractivity contribution in [3.8, 4) is 5.75 Å². The van der Waals surface area contributed by atoms with Crippen molar-refractivity contribution in [3.63, 3.8) is 0 Å². The van der Waals surface area contributed by atoms with Crippen LogP contribution in [0.2, 0.25) is 0 Å². The van der Waals surface area contributed by atoms with Gasteiger partial charge in [-0.1, -0.05) is 26.2 Å². The topological polar surface area (TPSA) is 64.3 Å². The second kappa shape index (κ2) is 8.46. The van der Waals surface area contributed by atoms with Crippen LogP contribution in [0.25, 0.3) is 0 Å². The Labute approximate surface area is 121 Å². The van der Waals surface area contributed by atoms with Gasteiger partial charge >= 0.3 is 0 Å². The molecule has 1 aromatic carbocycles. The molecule has 0 bridgehead atoms. The van der Waals surface area contributed by atoms with Gasteiger partial charge < -0.3 is 15.8 Å². The van der Waals surface area contributed by atoms with Gasteiger partial charge in [-0.15, -0.1) is 0 Å². The van der Waals surface area contributed by atoms with E-state index in [2.05, 4.69) is 12.2 Å². The Kier molecular flexibility index (Phi) is 6.91. The third-order valence-corrected chi connectivity index (χ3v) is 3.19. The third kappa shape index (κ3) is 5.11. The van der Waals surface area contributed by atoms with E-state index in [9.17, 15) is 4.79 Å². The zero-order chi connectivity index (χ0) is 15.0. The lowest BCUT2D eigenvalue weighted by molar-refractivity contribution is 0.0938. The van der Waals surface area contributed by atoms with Crippen LogP contribution in [0.4, 0.5) is 5.69 Å². The quantitative estimate of drug-likeness (QED) is 0.566. The molecule has 0 spiro atoms. The molecule has 0 fully saturated rings. The maximum atomic E-state index is 12.1. The second-order valence-electron chi connectivity index (χ2n) is 5.06. The minimum atomic E-state index is -0.0799. The van der Waals surface area contributed by atoms with Gasteiger partial charge in [0.1, 0.15) is 5.75 Å². The molecule has 4 heteroatoms. The molecular weight excluding hydrogens is 252 g/mol. The number of benzene rings is 1. The Hall–Kier alpha value is -1.71. The zero-order valence-corrected chi connectivity index (χ0v) is 12.7. The number of carbonyl (C=O) groups excluding carboxylic acids is 1. The SMILES string of the molecule is CCCCCC(C)NC(=O)c1ccc(OCC)c(N)c1. The van der Waals surface area contributed by atoms with E-state index >= 15 is 0 Å². The Bertz CT molecular complexity index is 432. The van der Waals surface area contributed by atoms with Crippen molar-refractivity contribution in [1.82, 2.24) is 5.32 Å². The second-order valence-corrected chi connectivity index (χ2v) is 5.06. The molecule has 0 aliphatic heterocycles. The summed E-state index contributed by atoms with van der Waals surface area (Å²) in [6.07, 6.45) is 4.54. The summed E-state index contributed by atoms with van der Waals surface area (Å²) < 4.78 is 5.36. The molecule has 1 aromatic rings. The normalized spacial score (nSPS) is 11.9. The monoisotopic (exact) mass is 278 g/mol. The predicted octanol–water partition coefficient (Wildman–Crippen LogP) is 3.37. The number of nitrogens with two attached hydrogens (primary N) is 1. The number of hydrogen-bond acceptors (Lipinski definition) is 3. The number of rotatable bonds is 8. The molecule has 1 atom stereocenters. The van der Waals surface area contributed by atoms with E-state index in [0.29, 0.717) is 23.6 Å². The third-order valence-electron chi connectivity index (χ3n) is 3.19. The van der Waals surface area contributed by atoms with Crippen molar-refractivity contribution in [2.45, 2.75) is 52.5 Å². The predicted molar refractivity (Wildman–Crippen MR) is 83.1 cm³/mol. The molecule has 20 heavy (non-hydrogen) atoms. The van der Waals surface area contributed by atoms with Gasteiger partial charge in [0.05, 0.1) is 12.3 Å². The number of anilines is 1. The van der Waals surface area contributed by atoms with Crippen LogP contribution < -0.4 is 15.8 Å². The molecule has 1 amide bonds. The molecule has 1 rings (SSSR count). The van der Waals surface area contributed by atoms with Crippen LogP contribution in [-0.2, 0) is 0 Å². The molecule has 0 aliphatic rings. The summed E-state index contributed by atoms with van der Waals surface area (Å²) in [5.74, 6) is 0.545. The summed E-state index contributed by atoms with van der Waals surface area (Å²) >= 11 is 0. The van der Waals surface area contributed by atoms with Gasteiger partial charge in [-0.25, -0.2) is 0 Å². The molecule has 0 saturated carbocycles. The molecule has 0 saturated heterocycles. The van der Waals surface area contributed by atoms with Crippen LogP contribution in [0.3, 0.4) is 0 Å². The lowest BCUT2D eigenvalue weighted by Gasteiger charge is -2.14. The van der Waals surface area contributed by atoms with E-state index in [1.807, 2.05) is 13.8 Å². The van der Waals surface area contributed by atoms with E-state index in [-0.39, 0.29) is 11.9 Å². The van der Waals surface area contributed by atoms with E-state index in [1.165, 1.54) is 12.8 Å². The Morgan fingerprint density at radius 3 is 2.70 bits per heavy atom. The number of ether oxygens (including phenoxy) is 1. The summed E-state index contributed by atoms with van der Waals surface area (Å²) in [6.45, 7) is 6.67. The molecule has 112 valence electrons. The van der Waals surface area contributed by atoms with Gasteiger partial charge in [-0.2, -0.15) is 0 Å². The van der Waals surface area contributed by atoms with Gasteiger partial charge in [0.2, 0.25) is 0 Å². The fourth-order valence-corrected chi connectivity index (χ4v) is 2.06. The minimum Gasteiger partial charge on any atom is -0.492 e. The largest absolute Gasteiger partial charge is 0.492 e. The highest BCUT2D eigenvalue weighted by Gasteiger charge is 2.11. The number of nitrogens with one attached hydrogen (secondary N) is 1. The van der Waals surface area contributed by atoms with Crippen molar-refractivity contribution in [1.29, 1.82) is 0 Å². The maximum absolute atomic E-state index is 12.1. The first kappa shape index (κ1) is 16.3. The number of unbranched alkanes of at least 4 members (excludes halogenated alkanes) is 2. The van der Waals surface area contributed by atoms with Crippen LogP contribution in [0.15, 0.2) is 18.2 Å². The van der Waals surface area contributed by atoms with Crippen LogP contribution in [0.1, 0.15) is 56.8 Å². The van der Waals surface area contributed by atoms with Gasteiger partial charge in [-0.3, -0.25) is 4.79 Å². The molecule has 1 unspecified atom stereocenters. The van der Waals surface area contributed by atoms with Crippen LogP contribution in [0, 0.1) is 0 Å². The van der Waals surface area contributed by atoms with Gasteiger partial charge in [-0.05, 0) is 38.5 Å². The summed E-state index contributed by atoms with van der Waals surface area (Å²) in [5.41, 5.74) is 6.94. The molecule has 3 N–H and O–H groups in total. The minimum absolute atomic E-state index is 0.0799. The van der Waals surface area contributed by atoms with Crippen molar-refractivity contribution < 1.29 is 9.53 Å². The van der Waals surface area contributed by atoms with E-state index in [0.717, 1.165) is 12.8 Å². The Balaban J connectivity index is 2.57. The first-order valence-corrected chi connectivity index (χ1v) is 7.41. The van der Waals surface area contributed by atoms with Crippen LogP contribution in [-0.4, -0.2) is 18.6 Å². The number of nitrogen functional groups attached to an aromatic ring is 1. The number of amides is 1. The highest BCUT2D eigenvalue weighted by Crippen LogP contribution is 2.22. The van der Waals surface area contributed by atoms with Crippen LogP contribution in [0.5, 0.6) is 5.75 Å². The van der Waals surface area contributed by atoms with Gasteiger partial charge in [0.15, 0.2) is 0 Å². The Morgan fingerprint density at radius 2 is 2.10 bits per heavy atom. The average Bonchev–Trinajstić information content (AvgIpc) is 2.41. The average molecular weight is 278 g/mol. The van der Waals surface area contributed by atoms with E-state index < -0.39 is 0 Å². The zero-order valence-electron chi connectivity index (χ0n) is 12.7. The summed E-state index contributed by atoms with van der Waals surface area (Å²) in [4.78, 5) is 12.1. The standard InChI is InChI=1S/C16H26N2O2/c1-4-6-7-8-12(3)18-16(19)13-9-10-15(20-5-2)14(17)11-13/h9-12H,4-8,17H2,1-3H3,(H,18,19). The number of hydrogen-bond donors (Lipinski definition) is 2. The number of carbonyl (C=O) groups is 1. The van der Waals surface area contributed by atoms with E-state index in [1.54, 1.807) is 18.2 Å². The fourth-order valence-electron chi connectivity index (χ4n) is 2.06. The first-order valence-electron chi connectivity index (χ1n) is 7.41. The lowest BCUT2D eigenvalue weighted by atomic mass is 10.1. The summed E-state index contributed by atoms with van der Waals surface area (Å²) in [6, 6.07) is 5.34. The molecule has 0 heterocycles. The summed E-state index contributed by atoms with van der Waals surface area (Å²) in [7, 11) is 0. The molecule has 4 nitrogen and oxygen atoms in total. The molecule has 0 aliphatic carbocycles. The van der Waals surface area contributed by atoms with Gasteiger partial charge in [0.25, 0.3) is 5.91 Å². The van der Waals surface area contributed by atoms with E-state index in [4.69, 9.17) is 10.5 Å². The lowest BCUT2D eigenvalue weighted by Crippen LogP contribution is -2.32. The van der Waals surface area contributed by atoms with Crippen LogP contribution >= 0.6 is 0 Å². The molecule has 0 radical (unpaired) electrons. The highest BCUT2D eigenvalue weighted by molar-refractivity contribution is 5.95. The molecule has 0 aromatic heterocycles. The van der Waals surface area contributed by atoms with Crippen molar-refractivity contribution >= 4 is 11.6 Å². The van der Waals surface area contributed by atoms with Crippen molar-refractivity contribution in [3.05, 3.63) is 23.8 Å².